The summed E-state index contributed by atoms with van der Waals surface area (Å²) in [6.07, 6.45) is 8.26. The van der Waals surface area contributed by atoms with Gasteiger partial charge in [0.15, 0.2) is 0 Å². The molecule has 74 valence electrons. The molecule has 2 aliphatic rings. The van der Waals surface area contributed by atoms with Gasteiger partial charge in [-0.1, -0.05) is 32.9 Å². The summed E-state index contributed by atoms with van der Waals surface area (Å²) in [6, 6.07) is 0. The van der Waals surface area contributed by atoms with Crippen LogP contribution in [-0.2, 0) is 5.41 Å². The average molecular weight is 187 g/mol. The molecule has 0 radical (unpaired) electrons. The number of hydrogen-bond acceptors (Lipinski definition) is 0. The highest BCUT2D eigenvalue weighted by Gasteiger charge is 2.41. The predicted octanol–water partition coefficient (Wildman–Crippen LogP) is 3.44. The first-order valence-corrected chi connectivity index (χ1v) is 5.47. The lowest BCUT2D eigenvalue weighted by molar-refractivity contribution is 0.589. The fourth-order valence-corrected chi connectivity index (χ4v) is 2.54. The van der Waals surface area contributed by atoms with Gasteiger partial charge in [0.05, 0.1) is 0 Å². The van der Waals surface area contributed by atoms with Crippen molar-refractivity contribution in [1.29, 1.82) is 0 Å². The number of nitrogens with one attached hydrogen (secondary N) is 1. The Morgan fingerprint density at radius 2 is 2.14 bits per heavy atom. The normalized spacial score (nSPS) is 28.5. The van der Waals surface area contributed by atoms with Crippen LogP contribution in [0.25, 0.3) is 6.08 Å². The standard InChI is InChI=1S/C13H17N/c1-13(2,3)11-7-14-12-9(11)5-4-8-6-10(8)12/h4-5,7-8,10,14H,6H2,1-3H3. The smallest absolute Gasteiger partial charge is 0.0261 e. The molecule has 0 aliphatic heterocycles. The van der Waals surface area contributed by atoms with Crippen molar-refractivity contribution in [2.75, 3.05) is 0 Å². The molecule has 0 spiro atoms. The first-order chi connectivity index (χ1) is 6.57. The third-order valence-corrected chi connectivity index (χ3v) is 3.48. The first kappa shape index (κ1) is 8.34. The van der Waals surface area contributed by atoms with Gasteiger partial charge in [-0.25, -0.2) is 0 Å². The topological polar surface area (TPSA) is 15.8 Å². The number of rotatable bonds is 0. The fourth-order valence-electron chi connectivity index (χ4n) is 2.54. The Morgan fingerprint density at radius 1 is 1.36 bits per heavy atom. The largest absolute Gasteiger partial charge is 0.364 e. The van der Waals surface area contributed by atoms with Crippen LogP contribution in [0.5, 0.6) is 0 Å². The van der Waals surface area contributed by atoms with Crippen molar-refractivity contribution in [2.45, 2.75) is 38.5 Å². The summed E-state index contributed by atoms with van der Waals surface area (Å²) >= 11 is 0. The predicted molar refractivity (Wildman–Crippen MR) is 59.4 cm³/mol. The van der Waals surface area contributed by atoms with Crippen LogP contribution < -0.4 is 0 Å². The molecule has 3 rings (SSSR count). The van der Waals surface area contributed by atoms with Crippen molar-refractivity contribution in [3.8, 4) is 0 Å². The second-order valence-electron chi connectivity index (χ2n) is 5.64. The van der Waals surface area contributed by atoms with Gasteiger partial charge in [-0.2, -0.15) is 0 Å². The van der Waals surface area contributed by atoms with Crippen molar-refractivity contribution in [2.24, 2.45) is 5.92 Å². The van der Waals surface area contributed by atoms with E-state index >= 15 is 0 Å². The van der Waals surface area contributed by atoms with Gasteiger partial charge in [0.2, 0.25) is 0 Å². The summed E-state index contributed by atoms with van der Waals surface area (Å²) in [5.74, 6) is 1.65. The molecule has 14 heavy (non-hydrogen) atoms. The van der Waals surface area contributed by atoms with E-state index < -0.39 is 0 Å². The van der Waals surface area contributed by atoms with Crippen LogP contribution >= 0.6 is 0 Å². The SMILES string of the molecule is CC(C)(C)c1c[nH]c2c1C=CC1CC21. The molecule has 0 aromatic carbocycles. The maximum Gasteiger partial charge on any atom is 0.0261 e. The van der Waals surface area contributed by atoms with E-state index in [0.717, 1.165) is 11.8 Å². The number of fused-ring (bicyclic) bond motifs is 3. The molecule has 1 fully saturated rings. The molecule has 2 unspecified atom stereocenters. The molecule has 1 heteroatoms. The molecule has 1 heterocycles. The quantitative estimate of drug-likeness (QED) is 0.640. The van der Waals surface area contributed by atoms with Crippen molar-refractivity contribution < 1.29 is 0 Å². The van der Waals surface area contributed by atoms with Gasteiger partial charge in [0.25, 0.3) is 0 Å². The molecule has 0 bridgehead atoms. The summed E-state index contributed by atoms with van der Waals surface area (Å²) in [5, 5.41) is 0. The van der Waals surface area contributed by atoms with Gasteiger partial charge >= 0.3 is 0 Å². The van der Waals surface area contributed by atoms with Gasteiger partial charge in [0, 0.05) is 17.8 Å². The van der Waals surface area contributed by atoms with Crippen molar-refractivity contribution in [1.82, 2.24) is 4.98 Å². The Morgan fingerprint density at radius 3 is 2.86 bits per heavy atom. The van der Waals surface area contributed by atoms with Crippen molar-refractivity contribution >= 4 is 6.08 Å². The van der Waals surface area contributed by atoms with Crippen LogP contribution in [0.15, 0.2) is 12.3 Å². The summed E-state index contributed by atoms with van der Waals surface area (Å²) in [4.78, 5) is 3.47. The lowest BCUT2D eigenvalue weighted by Gasteiger charge is -2.19. The third-order valence-electron chi connectivity index (χ3n) is 3.48. The van der Waals surface area contributed by atoms with Crippen LogP contribution in [0, 0.1) is 5.92 Å². The van der Waals surface area contributed by atoms with Crippen LogP contribution in [0.2, 0.25) is 0 Å². The number of aromatic amines is 1. The van der Waals surface area contributed by atoms with Gasteiger partial charge in [0.1, 0.15) is 0 Å². The van der Waals surface area contributed by atoms with E-state index in [0.29, 0.717) is 0 Å². The summed E-state index contributed by atoms with van der Waals surface area (Å²) in [7, 11) is 0. The van der Waals surface area contributed by atoms with E-state index in [1.165, 1.54) is 23.2 Å². The molecule has 0 saturated heterocycles. The number of aromatic nitrogens is 1. The maximum absolute atomic E-state index is 3.47. The first-order valence-electron chi connectivity index (χ1n) is 5.47. The van der Waals surface area contributed by atoms with E-state index in [1.807, 2.05) is 0 Å². The molecule has 1 nitrogen and oxygen atoms in total. The van der Waals surface area contributed by atoms with Crippen LogP contribution in [0.3, 0.4) is 0 Å². The van der Waals surface area contributed by atoms with Crippen LogP contribution in [-0.4, -0.2) is 4.98 Å². The summed E-state index contributed by atoms with van der Waals surface area (Å²) < 4.78 is 0. The summed E-state index contributed by atoms with van der Waals surface area (Å²) in [5.41, 5.74) is 4.68. The van der Waals surface area contributed by atoms with E-state index in [9.17, 15) is 0 Å². The highest BCUT2D eigenvalue weighted by molar-refractivity contribution is 5.64. The highest BCUT2D eigenvalue weighted by Crippen LogP contribution is 2.53. The Hall–Kier alpha value is -0.980. The van der Waals surface area contributed by atoms with Crippen LogP contribution in [0.1, 0.15) is 49.9 Å². The molecular formula is C13H17N. The lowest BCUT2D eigenvalue weighted by atomic mass is 9.84. The van der Waals surface area contributed by atoms with E-state index in [2.05, 4.69) is 44.1 Å². The maximum atomic E-state index is 3.47. The zero-order chi connectivity index (χ0) is 9.92. The van der Waals surface area contributed by atoms with Gasteiger partial charge < -0.3 is 4.98 Å². The third kappa shape index (κ3) is 1.01. The molecule has 1 aromatic heterocycles. The van der Waals surface area contributed by atoms with E-state index in [4.69, 9.17) is 0 Å². The molecule has 1 aromatic rings. The molecular weight excluding hydrogens is 170 g/mol. The highest BCUT2D eigenvalue weighted by atomic mass is 14.7. The van der Waals surface area contributed by atoms with Gasteiger partial charge in [-0.15, -0.1) is 0 Å². The summed E-state index contributed by atoms with van der Waals surface area (Å²) in [6.45, 7) is 6.84. The van der Waals surface area contributed by atoms with Crippen LogP contribution in [0.4, 0.5) is 0 Å². The molecule has 2 aliphatic carbocycles. The average Bonchev–Trinajstić information content (AvgIpc) is 2.74. The Balaban J connectivity index is 2.14. The minimum atomic E-state index is 0.260. The Kier molecular flexibility index (Phi) is 1.39. The zero-order valence-corrected chi connectivity index (χ0v) is 9.09. The van der Waals surface area contributed by atoms with Crippen molar-refractivity contribution in [3.63, 3.8) is 0 Å². The number of hydrogen-bond donors (Lipinski definition) is 1. The number of allylic oxidation sites excluding steroid dienone is 1. The van der Waals surface area contributed by atoms with E-state index in [-0.39, 0.29) is 5.41 Å². The monoisotopic (exact) mass is 187 g/mol. The van der Waals surface area contributed by atoms with Crippen molar-refractivity contribution in [3.05, 3.63) is 29.1 Å². The minimum Gasteiger partial charge on any atom is -0.364 e. The van der Waals surface area contributed by atoms with E-state index in [1.54, 1.807) is 0 Å². The van der Waals surface area contributed by atoms with Gasteiger partial charge in [-0.3, -0.25) is 0 Å². The lowest BCUT2D eigenvalue weighted by Crippen LogP contribution is -2.11. The zero-order valence-electron chi connectivity index (χ0n) is 9.09. The second-order valence-corrected chi connectivity index (χ2v) is 5.64. The Bertz CT molecular complexity index is 403. The second kappa shape index (κ2) is 2.33. The minimum absolute atomic E-state index is 0.260. The molecule has 1 saturated carbocycles. The van der Waals surface area contributed by atoms with Gasteiger partial charge in [-0.05, 0) is 28.9 Å². The number of H-pyrrole nitrogens is 1. The molecule has 2 atom stereocenters. The Labute approximate surface area is 85.2 Å². The molecule has 1 N–H and O–H groups in total. The molecule has 0 amide bonds. The fraction of sp³-hybridized carbons (Fsp3) is 0.538.